The largest absolute Gasteiger partial charge is 0.495 e. The molecule has 0 bridgehead atoms. The zero-order valence-corrected chi connectivity index (χ0v) is 14.5. The Labute approximate surface area is 141 Å². The van der Waals surface area contributed by atoms with Crippen LogP contribution in [0.5, 0.6) is 5.75 Å². The van der Waals surface area contributed by atoms with Crippen molar-refractivity contribution in [2.24, 2.45) is 11.3 Å². The fourth-order valence-corrected chi connectivity index (χ4v) is 2.52. The Morgan fingerprint density at radius 3 is 2.57 bits per heavy atom. The molecule has 6 heteroatoms. The lowest BCUT2D eigenvalue weighted by Crippen LogP contribution is -2.40. The minimum atomic E-state index is -0.954. The topological polar surface area (TPSA) is 67.4 Å². The average Bonchev–Trinajstić information content (AvgIpc) is 3.28. The van der Waals surface area contributed by atoms with E-state index in [0.717, 1.165) is 6.42 Å². The van der Waals surface area contributed by atoms with Gasteiger partial charge in [-0.15, -0.1) is 0 Å². The molecule has 0 spiro atoms. The second kappa shape index (κ2) is 7.21. The molecule has 0 atom stereocenters. The molecule has 126 valence electrons. The first kappa shape index (κ1) is 17.6. The number of amides is 2. The maximum absolute atomic E-state index is 12.5. The second-order valence-electron chi connectivity index (χ2n) is 6.32. The fraction of sp³-hybridized carbons (Fsp3) is 0.529. The molecule has 1 aromatic carbocycles. The zero-order chi connectivity index (χ0) is 17.0. The van der Waals surface area contributed by atoms with E-state index in [9.17, 15) is 9.59 Å². The quantitative estimate of drug-likeness (QED) is 0.750. The molecule has 0 aliphatic heterocycles. The van der Waals surface area contributed by atoms with Crippen LogP contribution in [0.15, 0.2) is 18.2 Å². The molecule has 0 unspecified atom stereocenters. The van der Waals surface area contributed by atoms with Crippen molar-refractivity contribution in [3.63, 3.8) is 0 Å². The van der Waals surface area contributed by atoms with E-state index in [0.29, 0.717) is 41.8 Å². The monoisotopic (exact) mass is 338 g/mol. The Balaban J connectivity index is 2.02. The SMILES string of the molecule is COc1ccc(Cl)cc1NC(=O)C1(C(=O)NCCC(C)C)CC1. The van der Waals surface area contributed by atoms with Crippen molar-refractivity contribution >= 4 is 29.1 Å². The minimum Gasteiger partial charge on any atom is -0.495 e. The summed E-state index contributed by atoms with van der Waals surface area (Å²) in [4.78, 5) is 24.9. The summed E-state index contributed by atoms with van der Waals surface area (Å²) in [5, 5.41) is 6.14. The number of methoxy groups -OCH3 is 1. The summed E-state index contributed by atoms with van der Waals surface area (Å²) in [6, 6.07) is 4.98. The number of halogens is 1. The van der Waals surface area contributed by atoms with Crippen molar-refractivity contribution in [3.05, 3.63) is 23.2 Å². The summed E-state index contributed by atoms with van der Waals surface area (Å²) >= 11 is 5.96. The van der Waals surface area contributed by atoms with Gasteiger partial charge in [-0.1, -0.05) is 25.4 Å². The molecule has 0 heterocycles. The average molecular weight is 339 g/mol. The van der Waals surface area contributed by atoms with Gasteiger partial charge in [0.2, 0.25) is 11.8 Å². The summed E-state index contributed by atoms with van der Waals surface area (Å²) in [6.45, 7) is 4.78. The second-order valence-corrected chi connectivity index (χ2v) is 6.76. The first-order valence-corrected chi connectivity index (χ1v) is 8.20. The van der Waals surface area contributed by atoms with E-state index in [1.807, 2.05) is 0 Å². The first-order valence-electron chi connectivity index (χ1n) is 7.82. The van der Waals surface area contributed by atoms with Crippen LogP contribution in [0.4, 0.5) is 5.69 Å². The van der Waals surface area contributed by atoms with Gasteiger partial charge in [0, 0.05) is 11.6 Å². The predicted octanol–water partition coefficient (Wildman–Crippen LogP) is 3.23. The number of anilines is 1. The van der Waals surface area contributed by atoms with E-state index >= 15 is 0 Å². The Hall–Kier alpha value is -1.75. The van der Waals surface area contributed by atoms with Gasteiger partial charge in [0.25, 0.3) is 0 Å². The smallest absolute Gasteiger partial charge is 0.240 e. The fourth-order valence-electron chi connectivity index (χ4n) is 2.35. The number of carbonyl (C=O) groups is 2. The van der Waals surface area contributed by atoms with Gasteiger partial charge >= 0.3 is 0 Å². The Bertz CT molecular complexity index is 598. The van der Waals surface area contributed by atoms with Gasteiger partial charge in [-0.25, -0.2) is 0 Å². The molecule has 2 rings (SSSR count). The molecule has 1 aliphatic carbocycles. The number of hydrogen-bond donors (Lipinski definition) is 2. The summed E-state index contributed by atoms with van der Waals surface area (Å²) < 4.78 is 5.21. The molecule has 23 heavy (non-hydrogen) atoms. The van der Waals surface area contributed by atoms with E-state index in [2.05, 4.69) is 24.5 Å². The maximum Gasteiger partial charge on any atom is 0.240 e. The summed E-state index contributed by atoms with van der Waals surface area (Å²) in [6.07, 6.45) is 2.02. The third-order valence-corrected chi connectivity index (χ3v) is 4.27. The van der Waals surface area contributed by atoms with Crippen LogP contribution in [0.2, 0.25) is 5.02 Å². The van der Waals surface area contributed by atoms with Crippen LogP contribution in [0.3, 0.4) is 0 Å². The van der Waals surface area contributed by atoms with E-state index in [1.165, 1.54) is 7.11 Å². The van der Waals surface area contributed by atoms with E-state index in [-0.39, 0.29) is 11.8 Å². The lowest BCUT2D eigenvalue weighted by Gasteiger charge is -2.17. The Morgan fingerprint density at radius 1 is 1.30 bits per heavy atom. The highest BCUT2D eigenvalue weighted by Crippen LogP contribution is 2.47. The highest BCUT2D eigenvalue weighted by Gasteiger charge is 2.56. The van der Waals surface area contributed by atoms with Gasteiger partial charge in [-0.3, -0.25) is 9.59 Å². The number of rotatable bonds is 7. The van der Waals surface area contributed by atoms with Crippen molar-refractivity contribution in [2.45, 2.75) is 33.1 Å². The third kappa shape index (κ3) is 4.16. The number of ether oxygens (including phenoxy) is 1. The molecule has 1 fully saturated rings. The van der Waals surface area contributed by atoms with Gasteiger partial charge < -0.3 is 15.4 Å². The van der Waals surface area contributed by atoms with E-state index in [1.54, 1.807) is 18.2 Å². The van der Waals surface area contributed by atoms with Gasteiger partial charge in [-0.05, 0) is 43.4 Å². The molecule has 0 aromatic heterocycles. The van der Waals surface area contributed by atoms with Crippen LogP contribution in [0.25, 0.3) is 0 Å². The van der Waals surface area contributed by atoms with Crippen LogP contribution in [0.1, 0.15) is 33.1 Å². The van der Waals surface area contributed by atoms with Crippen LogP contribution in [-0.4, -0.2) is 25.5 Å². The van der Waals surface area contributed by atoms with Gasteiger partial charge in [0.1, 0.15) is 11.2 Å². The lowest BCUT2D eigenvalue weighted by atomic mass is 10.0. The molecular weight excluding hydrogens is 316 g/mol. The van der Waals surface area contributed by atoms with Gasteiger partial charge in [-0.2, -0.15) is 0 Å². The molecule has 1 aromatic rings. The first-order chi connectivity index (χ1) is 10.9. The van der Waals surface area contributed by atoms with Crippen LogP contribution in [-0.2, 0) is 9.59 Å². The third-order valence-electron chi connectivity index (χ3n) is 4.04. The number of carbonyl (C=O) groups excluding carboxylic acids is 2. The molecular formula is C17H23ClN2O3. The van der Waals surface area contributed by atoms with Gasteiger partial charge in [0.15, 0.2) is 0 Å². The maximum atomic E-state index is 12.5. The molecule has 5 nitrogen and oxygen atoms in total. The van der Waals surface area contributed by atoms with E-state index in [4.69, 9.17) is 16.3 Å². The normalized spacial score (nSPS) is 15.2. The zero-order valence-electron chi connectivity index (χ0n) is 13.7. The molecule has 0 radical (unpaired) electrons. The molecule has 2 amide bonds. The van der Waals surface area contributed by atoms with Crippen molar-refractivity contribution in [2.75, 3.05) is 19.0 Å². The number of benzene rings is 1. The van der Waals surface area contributed by atoms with Gasteiger partial charge in [0.05, 0.1) is 12.8 Å². The highest BCUT2D eigenvalue weighted by molar-refractivity contribution is 6.31. The summed E-state index contributed by atoms with van der Waals surface area (Å²) in [5.74, 6) is 0.519. The summed E-state index contributed by atoms with van der Waals surface area (Å²) in [7, 11) is 1.52. The summed E-state index contributed by atoms with van der Waals surface area (Å²) in [5.41, 5.74) is -0.476. The molecule has 2 N–H and O–H groups in total. The molecule has 1 saturated carbocycles. The predicted molar refractivity (Wildman–Crippen MR) is 90.8 cm³/mol. The van der Waals surface area contributed by atoms with Crippen molar-refractivity contribution in [3.8, 4) is 5.75 Å². The Morgan fingerprint density at radius 2 is 2.00 bits per heavy atom. The van der Waals surface area contributed by atoms with Crippen molar-refractivity contribution in [1.82, 2.24) is 5.32 Å². The van der Waals surface area contributed by atoms with Crippen LogP contribution in [0, 0.1) is 11.3 Å². The molecule has 1 aliphatic rings. The van der Waals surface area contributed by atoms with Crippen molar-refractivity contribution < 1.29 is 14.3 Å². The minimum absolute atomic E-state index is 0.198. The standard InChI is InChI=1S/C17H23ClN2O3/c1-11(2)6-9-19-15(21)17(7-8-17)16(22)20-13-10-12(18)4-5-14(13)23-3/h4-5,10-11H,6-9H2,1-3H3,(H,19,21)(H,20,22). The Kier molecular flexibility index (Phi) is 5.52. The van der Waals surface area contributed by atoms with Crippen LogP contribution >= 0.6 is 11.6 Å². The number of hydrogen-bond acceptors (Lipinski definition) is 3. The highest BCUT2D eigenvalue weighted by atomic mass is 35.5. The lowest BCUT2D eigenvalue weighted by molar-refractivity contribution is -0.134. The van der Waals surface area contributed by atoms with Crippen molar-refractivity contribution in [1.29, 1.82) is 0 Å². The van der Waals surface area contributed by atoms with E-state index < -0.39 is 5.41 Å². The molecule has 0 saturated heterocycles. The van der Waals surface area contributed by atoms with Crippen LogP contribution < -0.4 is 15.4 Å². The number of nitrogens with one attached hydrogen (secondary N) is 2.